The largest absolute Gasteiger partial charge is 0.369 e. The van der Waals surface area contributed by atoms with Crippen LogP contribution in [0.5, 0.6) is 0 Å². The van der Waals surface area contributed by atoms with Gasteiger partial charge in [-0.25, -0.2) is 10.8 Å². The molecule has 2 rings (SSSR count). The highest BCUT2D eigenvalue weighted by atomic mass is 35.5. The van der Waals surface area contributed by atoms with E-state index in [1.807, 2.05) is 4.90 Å². The number of nitrogens with two attached hydrogens (primary N) is 2. The van der Waals surface area contributed by atoms with Crippen LogP contribution < -0.4 is 21.9 Å². The Morgan fingerprint density at radius 3 is 2.72 bits per heavy atom. The van der Waals surface area contributed by atoms with Crippen molar-refractivity contribution in [2.45, 2.75) is 12.8 Å². The second-order valence-corrected chi connectivity index (χ2v) is 4.58. The molecule has 0 aliphatic carbocycles. The zero-order chi connectivity index (χ0) is 13.1. The summed E-state index contributed by atoms with van der Waals surface area (Å²) in [4.78, 5) is 21.2. The Morgan fingerprint density at radius 1 is 1.50 bits per heavy atom. The highest BCUT2D eigenvalue weighted by Gasteiger charge is 2.25. The highest BCUT2D eigenvalue weighted by molar-refractivity contribution is 6.32. The third kappa shape index (κ3) is 2.62. The van der Waals surface area contributed by atoms with E-state index in [2.05, 4.69) is 15.4 Å². The standard InChI is InChI=1S/C10H15ClN6O/c11-7-5-14-10(16-13)15-9(7)17-3-1-6(2-4-17)8(12)18/h5-6H,1-4,13H2,(H2,12,18)(H,14,15,16). The summed E-state index contributed by atoms with van der Waals surface area (Å²) in [6.07, 6.45) is 2.92. The van der Waals surface area contributed by atoms with Gasteiger partial charge < -0.3 is 10.6 Å². The first kappa shape index (κ1) is 12.8. The SMILES string of the molecule is NNc1ncc(Cl)c(N2CCC(C(N)=O)CC2)n1. The summed E-state index contributed by atoms with van der Waals surface area (Å²) in [5.41, 5.74) is 7.67. The summed E-state index contributed by atoms with van der Waals surface area (Å²) in [6, 6.07) is 0. The fraction of sp³-hybridized carbons (Fsp3) is 0.500. The van der Waals surface area contributed by atoms with Crippen molar-refractivity contribution in [1.29, 1.82) is 0 Å². The fourth-order valence-corrected chi connectivity index (χ4v) is 2.24. The van der Waals surface area contributed by atoms with Gasteiger partial charge in [0.05, 0.1) is 6.20 Å². The number of rotatable bonds is 3. The zero-order valence-electron chi connectivity index (χ0n) is 9.77. The van der Waals surface area contributed by atoms with E-state index in [1.165, 1.54) is 6.20 Å². The molecule has 2 heterocycles. The van der Waals surface area contributed by atoms with E-state index in [-0.39, 0.29) is 11.8 Å². The van der Waals surface area contributed by atoms with Gasteiger partial charge in [0.25, 0.3) is 0 Å². The second kappa shape index (κ2) is 5.36. The van der Waals surface area contributed by atoms with Gasteiger partial charge in [0.1, 0.15) is 5.02 Å². The van der Waals surface area contributed by atoms with Crippen molar-refractivity contribution in [3.63, 3.8) is 0 Å². The van der Waals surface area contributed by atoms with Crippen LogP contribution in [0, 0.1) is 5.92 Å². The van der Waals surface area contributed by atoms with Gasteiger partial charge >= 0.3 is 0 Å². The van der Waals surface area contributed by atoms with Crippen molar-refractivity contribution < 1.29 is 4.79 Å². The Bertz CT molecular complexity index is 446. The number of carbonyl (C=O) groups is 1. The summed E-state index contributed by atoms with van der Waals surface area (Å²) >= 11 is 6.06. The zero-order valence-corrected chi connectivity index (χ0v) is 10.5. The Hall–Kier alpha value is -1.60. The molecule has 0 bridgehead atoms. The molecule has 98 valence electrons. The highest BCUT2D eigenvalue weighted by Crippen LogP contribution is 2.27. The molecule has 1 saturated heterocycles. The van der Waals surface area contributed by atoms with Crippen LogP contribution in [0.15, 0.2) is 6.20 Å². The molecular formula is C10H15ClN6O. The van der Waals surface area contributed by atoms with Gasteiger partial charge in [0.2, 0.25) is 11.9 Å². The number of piperidine rings is 1. The first-order valence-electron chi connectivity index (χ1n) is 5.65. The van der Waals surface area contributed by atoms with Crippen molar-refractivity contribution in [3.05, 3.63) is 11.2 Å². The van der Waals surface area contributed by atoms with Gasteiger partial charge in [-0.1, -0.05) is 11.6 Å². The number of aromatic nitrogens is 2. The number of nitrogens with one attached hydrogen (secondary N) is 1. The van der Waals surface area contributed by atoms with Crippen molar-refractivity contribution >= 4 is 29.3 Å². The molecule has 7 nitrogen and oxygen atoms in total. The van der Waals surface area contributed by atoms with Crippen LogP contribution in [0.25, 0.3) is 0 Å². The molecule has 0 saturated carbocycles. The molecule has 8 heteroatoms. The van der Waals surface area contributed by atoms with Gasteiger partial charge in [0, 0.05) is 19.0 Å². The molecule has 18 heavy (non-hydrogen) atoms. The monoisotopic (exact) mass is 270 g/mol. The van der Waals surface area contributed by atoms with E-state index in [0.29, 0.717) is 42.7 Å². The number of hydrazine groups is 1. The lowest BCUT2D eigenvalue weighted by molar-refractivity contribution is -0.122. The van der Waals surface area contributed by atoms with E-state index in [9.17, 15) is 4.79 Å². The third-order valence-corrected chi connectivity index (χ3v) is 3.32. The van der Waals surface area contributed by atoms with Crippen molar-refractivity contribution in [2.24, 2.45) is 17.5 Å². The number of halogens is 1. The number of nitrogen functional groups attached to an aromatic ring is 1. The number of amides is 1. The molecule has 0 atom stereocenters. The molecule has 1 amide bonds. The normalized spacial score (nSPS) is 16.7. The second-order valence-electron chi connectivity index (χ2n) is 4.17. The minimum Gasteiger partial charge on any atom is -0.369 e. The smallest absolute Gasteiger partial charge is 0.239 e. The van der Waals surface area contributed by atoms with Crippen LogP contribution in [0.1, 0.15) is 12.8 Å². The Kier molecular flexibility index (Phi) is 3.83. The lowest BCUT2D eigenvalue weighted by Gasteiger charge is -2.31. The van der Waals surface area contributed by atoms with E-state index in [1.54, 1.807) is 0 Å². The first-order valence-corrected chi connectivity index (χ1v) is 6.03. The van der Waals surface area contributed by atoms with E-state index < -0.39 is 0 Å². The van der Waals surface area contributed by atoms with Crippen LogP contribution in [0.2, 0.25) is 5.02 Å². The lowest BCUT2D eigenvalue weighted by Crippen LogP contribution is -2.39. The summed E-state index contributed by atoms with van der Waals surface area (Å²) < 4.78 is 0. The third-order valence-electron chi connectivity index (χ3n) is 3.05. The molecule has 0 aromatic carbocycles. The van der Waals surface area contributed by atoms with Crippen molar-refractivity contribution in [2.75, 3.05) is 23.4 Å². The van der Waals surface area contributed by atoms with Crippen LogP contribution in [0.4, 0.5) is 11.8 Å². The maximum Gasteiger partial charge on any atom is 0.239 e. The molecule has 0 spiro atoms. The summed E-state index contributed by atoms with van der Waals surface area (Å²) in [7, 11) is 0. The molecular weight excluding hydrogens is 256 g/mol. The lowest BCUT2D eigenvalue weighted by atomic mass is 9.96. The summed E-state index contributed by atoms with van der Waals surface area (Å²) in [5, 5.41) is 0.464. The molecule has 0 radical (unpaired) electrons. The van der Waals surface area contributed by atoms with Crippen molar-refractivity contribution in [3.8, 4) is 0 Å². The van der Waals surface area contributed by atoms with Crippen LogP contribution >= 0.6 is 11.6 Å². The number of nitrogens with zero attached hydrogens (tertiary/aromatic N) is 3. The van der Waals surface area contributed by atoms with Gasteiger partial charge in [-0.3, -0.25) is 10.2 Å². The summed E-state index contributed by atoms with van der Waals surface area (Å²) in [5.74, 6) is 5.90. The maximum atomic E-state index is 11.1. The Labute approximate surface area is 109 Å². The predicted molar refractivity (Wildman–Crippen MR) is 69.0 cm³/mol. The first-order chi connectivity index (χ1) is 8.61. The van der Waals surface area contributed by atoms with E-state index in [4.69, 9.17) is 23.2 Å². The topological polar surface area (TPSA) is 110 Å². The number of anilines is 2. The van der Waals surface area contributed by atoms with Gasteiger partial charge in [-0.2, -0.15) is 4.98 Å². The van der Waals surface area contributed by atoms with Gasteiger partial charge in [-0.05, 0) is 12.8 Å². The molecule has 1 aliphatic heterocycles. The minimum absolute atomic E-state index is 0.0611. The molecule has 0 unspecified atom stereocenters. The Morgan fingerprint density at radius 2 is 2.17 bits per heavy atom. The maximum absolute atomic E-state index is 11.1. The molecule has 1 aliphatic rings. The number of hydrogen-bond donors (Lipinski definition) is 3. The Balaban J connectivity index is 2.11. The van der Waals surface area contributed by atoms with Crippen molar-refractivity contribution in [1.82, 2.24) is 9.97 Å². The van der Waals surface area contributed by atoms with Crippen LogP contribution in [-0.2, 0) is 4.79 Å². The van der Waals surface area contributed by atoms with E-state index in [0.717, 1.165) is 0 Å². The van der Waals surface area contributed by atoms with E-state index >= 15 is 0 Å². The van der Waals surface area contributed by atoms with Gasteiger partial charge in [-0.15, -0.1) is 0 Å². The molecule has 1 aromatic rings. The average Bonchev–Trinajstić information content (AvgIpc) is 2.39. The number of carbonyl (C=O) groups excluding carboxylic acids is 1. The average molecular weight is 271 g/mol. The molecule has 5 N–H and O–H groups in total. The predicted octanol–water partition coefficient (Wildman–Crippen LogP) is 0.117. The summed E-state index contributed by atoms with van der Waals surface area (Å²) in [6.45, 7) is 1.38. The quantitative estimate of drug-likeness (QED) is 0.531. The number of primary amides is 1. The van der Waals surface area contributed by atoms with Crippen LogP contribution in [-0.4, -0.2) is 29.0 Å². The van der Waals surface area contributed by atoms with Crippen LogP contribution in [0.3, 0.4) is 0 Å². The minimum atomic E-state index is -0.243. The fourth-order valence-electron chi connectivity index (χ4n) is 2.03. The molecule has 1 aromatic heterocycles. The molecule has 1 fully saturated rings. The van der Waals surface area contributed by atoms with Gasteiger partial charge in [0.15, 0.2) is 5.82 Å². The number of hydrogen-bond acceptors (Lipinski definition) is 6.